The Balaban J connectivity index is 2.68. The molecule has 0 bridgehead atoms. The van der Waals surface area contributed by atoms with E-state index in [-0.39, 0.29) is 11.9 Å². The van der Waals surface area contributed by atoms with Crippen molar-refractivity contribution in [1.82, 2.24) is 0 Å². The lowest BCUT2D eigenvalue weighted by molar-refractivity contribution is -0.111. The van der Waals surface area contributed by atoms with Gasteiger partial charge in [0.25, 0.3) is 0 Å². The van der Waals surface area contributed by atoms with Gasteiger partial charge in [-0.05, 0) is 31.4 Å². The van der Waals surface area contributed by atoms with Crippen LogP contribution in [0, 0.1) is 11.8 Å². The summed E-state index contributed by atoms with van der Waals surface area (Å²) in [4.78, 5) is 11.3. The summed E-state index contributed by atoms with van der Waals surface area (Å²) in [6, 6.07) is 9.27. The molecule has 3 heteroatoms. The SMILES string of the molecule is CP(C)(=O)CC(=O)C#Cc1ccccc1. The van der Waals surface area contributed by atoms with Gasteiger partial charge in [0.2, 0.25) is 5.78 Å². The molecule has 0 N–H and O–H groups in total. The molecule has 0 atom stereocenters. The minimum Gasteiger partial charge on any atom is -0.324 e. The number of carbonyl (C=O) groups excluding carboxylic acids is 1. The second-order valence-electron chi connectivity index (χ2n) is 3.77. The maximum Gasteiger partial charge on any atom is 0.213 e. The zero-order valence-corrected chi connectivity index (χ0v) is 9.75. The summed E-state index contributed by atoms with van der Waals surface area (Å²) >= 11 is 0. The van der Waals surface area contributed by atoms with Crippen molar-refractivity contribution in [3.05, 3.63) is 35.9 Å². The van der Waals surface area contributed by atoms with Crippen LogP contribution in [0.25, 0.3) is 0 Å². The van der Waals surface area contributed by atoms with Crippen molar-refractivity contribution in [3.8, 4) is 11.8 Å². The van der Waals surface area contributed by atoms with Crippen molar-refractivity contribution in [3.63, 3.8) is 0 Å². The summed E-state index contributed by atoms with van der Waals surface area (Å²) in [7, 11) is -2.30. The number of rotatable bonds is 2. The molecule has 0 radical (unpaired) electrons. The Labute approximate surface area is 90.1 Å². The van der Waals surface area contributed by atoms with Gasteiger partial charge in [-0.25, -0.2) is 0 Å². The average molecular weight is 220 g/mol. The van der Waals surface area contributed by atoms with Gasteiger partial charge in [-0.1, -0.05) is 24.1 Å². The zero-order valence-electron chi connectivity index (χ0n) is 8.86. The smallest absolute Gasteiger partial charge is 0.213 e. The molecule has 2 nitrogen and oxygen atoms in total. The van der Waals surface area contributed by atoms with E-state index in [4.69, 9.17) is 0 Å². The van der Waals surface area contributed by atoms with E-state index >= 15 is 0 Å². The van der Waals surface area contributed by atoms with E-state index in [0.717, 1.165) is 5.56 Å². The fraction of sp³-hybridized carbons (Fsp3) is 0.250. The van der Waals surface area contributed by atoms with Gasteiger partial charge in [0, 0.05) is 5.56 Å². The molecule has 0 saturated carbocycles. The first-order valence-corrected chi connectivity index (χ1v) is 7.40. The topological polar surface area (TPSA) is 34.1 Å². The third kappa shape index (κ3) is 5.20. The first-order chi connectivity index (χ1) is 6.97. The second kappa shape index (κ2) is 4.96. The van der Waals surface area contributed by atoms with Crippen LogP contribution in [0.3, 0.4) is 0 Å². The molecule has 1 aromatic rings. The van der Waals surface area contributed by atoms with Gasteiger partial charge in [-0.15, -0.1) is 0 Å². The van der Waals surface area contributed by atoms with Crippen molar-refractivity contribution in [2.45, 2.75) is 0 Å². The first-order valence-electron chi connectivity index (χ1n) is 4.61. The molecule has 0 heterocycles. The lowest BCUT2D eigenvalue weighted by atomic mass is 10.2. The molecule has 0 fully saturated rings. The molecule has 0 spiro atoms. The Bertz CT molecular complexity index is 446. The Morgan fingerprint density at radius 3 is 2.40 bits per heavy atom. The van der Waals surface area contributed by atoms with Gasteiger partial charge in [0.15, 0.2) is 0 Å². The third-order valence-electron chi connectivity index (χ3n) is 1.64. The highest BCUT2D eigenvalue weighted by atomic mass is 31.2. The number of carbonyl (C=O) groups is 1. The Hall–Kier alpha value is -1.32. The van der Waals surface area contributed by atoms with E-state index in [1.54, 1.807) is 13.3 Å². The van der Waals surface area contributed by atoms with E-state index < -0.39 is 7.14 Å². The maximum atomic E-state index is 11.3. The number of hydrogen-bond donors (Lipinski definition) is 0. The van der Waals surface area contributed by atoms with Gasteiger partial charge >= 0.3 is 0 Å². The van der Waals surface area contributed by atoms with Gasteiger partial charge < -0.3 is 4.57 Å². The predicted molar refractivity (Wildman–Crippen MR) is 62.6 cm³/mol. The van der Waals surface area contributed by atoms with Crippen molar-refractivity contribution in [2.24, 2.45) is 0 Å². The lowest BCUT2D eigenvalue weighted by Gasteiger charge is -1.99. The van der Waals surface area contributed by atoms with Crippen LogP contribution in [-0.4, -0.2) is 25.3 Å². The monoisotopic (exact) mass is 220 g/mol. The number of hydrogen-bond acceptors (Lipinski definition) is 2. The van der Waals surface area contributed by atoms with Gasteiger partial charge in [0.05, 0.1) is 13.3 Å². The van der Waals surface area contributed by atoms with Gasteiger partial charge in [-0.2, -0.15) is 0 Å². The van der Waals surface area contributed by atoms with Crippen LogP contribution in [-0.2, 0) is 9.36 Å². The fourth-order valence-corrected chi connectivity index (χ4v) is 1.82. The maximum absolute atomic E-state index is 11.3. The normalized spacial score (nSPS) is 10.3. The van der Waals surface area contributed by atoms with E-state index in [9.17, 15) is 9.36 Å². The van der Waals surface area contributed by atoms with Crippen molar-refractivity contribution >= 4 is 12.9 Å². The highest BCUT2D eigenvalue weighted by Crippen LogP contribution is 2.34. The van der Waals surface area contributed by atoms with Crippen molar-refractivity contribution in [2.75, 3.05) is 19.5 Å². The highest BCUT2D eigenvalue weighted by molar-refractivity contribution is 7.63. The summed E-state index contributed by atoms with van der Waals surface area (Å²) in [5, 5.41) is 0. The molecular formula is C12H13O2P. The van der Waals surface area contributed by atoms with Crippen LogP contribution in [0.1, 0.15) is 5.56 Å². The number of Topliss-reactive ketones (excluding diaryl/α,β-unsaturated/α-hetero) is 1. The molecule has 0 aliphatic heterocycles. The molecule has 0 saturated heterocycles. The molecule has 0 aliphatic carbocycles. The molecule has 1 aromatic carbocycles. The Kier molecular flexibility index (Phi) is 3.88. The van der Waals surface area contributed by atoms with E-state index in [2.05, 4.69) is 11.8 Å². The molecule has 1 rings (SSSR count). The Morgan fingerprint density at radius 1 is 1.27 bits per heavy atom. The molecule has 78 valence electrons. The summed E-state index contributed by atoms with van der Waals surface area (Å²) < 4.78 is 11.3. The molecular weight excluding hydrogens is 207 g/mol. The summed E-state index contributed by atoms with van der Waals surface area (Å²) in [5.41, 5.74) is 0.799. The molecule has 15 heavy (non-hydrogen) atoms. The second-order valence-corrected chi connectivity index (χ2v) is 7.24. The van der Waals surface area contributed by atoms with Gasteiger partial charge in [0.1, 0.15) is 0 Å². The fourth-order valence-electron chi connectivity index (χ4n) is 1.05. The van der Waals surface area contributed by atoms with Crippen LogP contribution in [0.5, 0.6) is 0 Å². The van der Waals surface area contributed by atoms with Crippen molar-refractivity contribution < 1.29 is 9.36 Å². The van der Waals surface area contributed by atoms with Gasteiger partial charge in [-0.3, -0.25) is 4.79 Å². The summed E-state index contributed by atoms with van der Waals surface area (Å²) in [5.74, 6) is 4.98. The summed E-state index contributed by atoms with van der Waals surface area (Å²) in [6.45, 7) is 3.18. The Morgan fingerprint density at radius 2 is 1.87 bits per heavy atom. The van der Waals surface area contributed by atoms with Crippen LogP contribution in [0.15, 0.2) is 30.3 Å². The van der Waals surface area contributed by atoms with Crippen molar-refractivity contribution in [1.29, 1.82) is 0 Å². The largest absolute Gasteiger partial charge is 0.324 e. The molecule has 0 amide bonds. The molecule has 0 aliphatic rings. The van der Waals surface area contributed by atoms with E-state index in [1.165, 1.54) is 0 Å². The van der Waals surface area contributed by atoms with Crippen LogP contribution in [0.4, 0.5) is 0 Å². The lowest BCUT2D eigenvalue weighted by Crippen LogP contribution is -2.00. The van der Waals surface area contributed by atoms with Crippen LogP contribution >= 0.6 is 7.14 Å². The van der Waals surface area contributed by atoms with Crippen LogP contribution in [0.2, 0.25) is 0 Å². The minimum absolute atomic E-state index is 0.0623. The summed E-state index contributed by atoms with van der Waals surface area (Å²) in [6.07, 6.45) is 0.0623. The van der Waals surface area contributed by atoms with E-state index in [1.807, 2.05) is 30.3 Å². The molecule has 0 unspecified atom stereocenters. The number of benzene rings is 1. The predicted octanol–water partition coefficient (Wildman–Crippen LogP) is 2.23. The number of ketones is 1. The average Bonchev–Trinajstić information content (AvgIpc) is 2.14. The highest BCUT2D eigenvalue weighted by Gasteiger charge is 2.11. The van der Waals surface area contributed by atoms with E-state index in [0.29, 0.717) is 0 Å². The van der Waals surface area contributed by atoms with Crippen LogP contribution < -0.4 is 0 Å². The third-order valence-corrected chi connectivity index (χ3v) is 2.69. The first kappa shape index (κ1) is 11.8. The molecule has 0 aromatic heterocycles. The quantitative estimate of drug-likeness (QED) is 0.565. The minimum atomic E-state index is -2.30. The zero-order chi connectivity index (χ0) is 11.3. The standard InChI is InChI=1S/C12H13O2P/c1-15(2,14)10-12(13)9-8-11-6-4-3-5-7-11/h3-7H,10H2,1-2H3.